The van der Waals surface area contributed by atoms with Gasteiger partial charge < -0.3 is 5.11 Å². The molecule has 0 unspecified atom stereocenters. The number of benzene rings is 2. The summed E-state index contributed by atoms with van der Waals surface area (Å²) in [5, 5.41) is 13.1. The molecule has 0 amide bonds. The zero-order valence-corrected chi connectivity index (χ0v) is 13.5. The number of hydrogen-bond donors (Lipinski definition) is 2. The topological polar surface area (TPSA) is 95.8 Å². The number of carboxylic acid groups (broad SMARTS) is 1. The molecule has 6 nitrogen and oxygen atoms in total. The third-order valence-corrected chi connectivity index (χ3v) is 4.29. The van der Waals surface area contributed by atoms with Crippen LogP contribution in [0.3, 0.4) is 0 Å². The van der Waals surface area contributed by atoms with E-state index in [1.807, 2.05) is 0 Å². The smallest absolute Gasteiger partial charge is 0.335 e. The summed E-state index contributed by atoms with van der Waals surface area (Å²) in [7, 11) is -3.22. The van der Waals surface area contributed by atoms with Crippen LogP contribution in [0.25, 0.3) is 0 Å². The molecule has 2 rings (SSSR count). The Hall–Kier alpha value is -2.67. The van der Waals surface area contributed by atoms with Crippen molar-refractivity contribution in [3.8, 4) is 0 Å². The number of nitrogens with zero attached hydrogens (tertiary/aromatic N) is 1. The van der Waals surface area contributed by atoms with E-state index in [4.69, 9.17) is 5.11 Å². The van der Waals surface area contributed by atoms with E-state index in [1.165, 1.54) is 24.3 Å². The molecule has 0 aromatic heterocycles. The van der Waals surface area contributed by atoms with Crippen molar-refractivity contribution < 1.29 is 18.3 Å². The van der Waals surface area contributed by atoms with Crippen LogP contribution in [0, 0.1) is 0 Å². The van der Waals surface area contributed by atoms with Crippen molar-refractivity contribution in [2.45, 2.75) is 11.8 Å². The number of rotatable bonds is 5. The molecule has 2 aromatic carbocycles. The lowest BCUT2D eigenvalue weighted by atomic mass is 10.1. The first-order valence-electron chi connectivity index (χ1n) is 6.71. The molecule has 0 aliphatic carbocycles. The van der Waals surface area contributed by atoms with Crippen molar-refractivity contribution in [3.63, 3.8) is 0 Å². The van der Waals surface area contributed by atoms with Gasteiger partial charge in [0.2, 0.25) is 0 Å². The largest absolute Gasteiger partial charge is 0.478 e. The van der Waals surface area contributed by atoms with Gasteiger partial charge in [-0.05, 0) is 42.8 Å². The second-order valence-electron chi connectivity index (χ2n) is 4.99. The molecule has 0 spiro atoms. The maximum atomic E-state index is 11.4. The first kappa shape index (κ1) is 16.7. The quantitative estimate of drug-likeness (QED) is 0.648. The molecule has 120 valence electrons. The summed E-state index contributed by atoms with van der Waals surface area (Å²) in [6.07, 6.45) is 1.15. The fraction of sp³-hybridized carbons (Fsp3) is 0.125. The summed E-state index contributed by atoms with van der Waals surface area (Å²) >= 11 is 0. The number of nitrogens with one attached hydrogen (secondary N) is 1. The number of hydrogen-bond acceptors (Lipinski definition) is 5. The highest BCUT2D eigenvalue weighted by Gasteiger charge is 2.07. The minimum Gasteiger partial charge on any atom is -0.478 e. The Morgan fingerprint density at radius 3 is 2.30 bits per heavy atom. The minimum absolute atomic E-state index is 0.167. The molecule has 7 heteroatoms. The lowest BCUT2D eigenvalue weighted by Crippen LogP contribution is -2.02. The predicted molar refractivity (Wildman–Crippen MR) is 88.8 cm³/mol. The Kier molecular flexibility index (Phi) is 4.80. The van der Waals surface area contributed by atoms with Crippen LogP contribution < -0.4 is 5.43 Å². The van der Waals surface area contributed by atoms with Gasteiger partial charge in [-0.3, -0.25) is 5.43 Å². The molecule has 0 fully saturated rings. The Morgan fingerprint density at radius 1 is 1.09 bits per heavy atom. The molecular weight excluding hydrogens is 316 g/mol. The third kappa shape index (κ3) is 4.40. The van der Waals surface area contributed by atoms with Gasteiger partial charge in [0.15, 0.2) is 9.84 Å². The first-order chi connectivity index (χ1) is 10.8. The monoisotopic (exact) mass is 332 g/mol. The van der Waals surface area contributed by atoms with Gasteiger partial charge in [-0.1, -0.05) is 18.2 Å². The zero-order valence-electron chi connectivity index (χ0n) is 12.6. The van der Waals surface area contributed by atoms with Crippen LogP contribution in [0.5, 0.6) is 0 Å². The highest BCUT2D eigenvalue weighted by atomic mass is 32.2. The summed E-state index contributed by atoms with van der Waals surface area (Å²) in [5.41, 5.74) is 4.92. The van der Waals surface area contributed by atoms with Crippen LogP contribution in [0.1, 0.15) is 22.8 Å². The van der Waals surface area contributed by atoms with Gasteiger partial charge in [-0.2, -0.15) is 5.10 Å². The fourth-order valence-corrected chi connectivity index (χ4v) is 2.51. The molecule has 0 saturated carbocycles. The second-order valence-corrected chi connectivity index (χ2v) is 7.01. The normalized spacial score (nSPS) is 12.0. The van der Waals surface area contributed by atoms with Gasteiger partial charge in [0, 0.05) is 6.26 Å². The van der Waals surface area contributed by atoms with Crippen molar-refractivity contribution in [1.82, 2.24) is 0 Å². The van der Waals surface area contributed by atoms with Gasteiger partial charge in [-0.25, -0.2) is 13.2 Å². The number of hydrazone groups is 1. The number of carboxylic acids is 1. The fourth-order valence-electron chi connectivity index (χ4n) is 1.88. The molecule has 0 aliphatic heterocycles. The van der Waals surface area contributed by atoms with Crippen LogP contribution in [-0.4, -0.2) is 31.5 Å². The molecule has 0 radical (unpaired) electrons. The van der Waals surface area contributed by atoms with Crippen molar-refractivity contribution in [3.05, 3.63) is 59.7 Å². The molecule has 2 aromatic rings. The van der Waals surface area contributed by atoms with Crippen molar-refractivity contribution >= 4 is 27.2 Å². The van der Waals surface area contributed by atoms with Crippen molar-refractivity contribution in [1.29, 1.82) is 0 Å². The van der Waals surface area contributed by atoms with E-state index in [9.17, 15) is 13.2 Å². The van der Waals surface area contributed by atoms with Gasteiger partial charge in [0.05, 0.1) is 21.9 Å². The Morgan fingerprint density at radius 2 is 1.74 bits per heavy atom. The van der Waals surface area contributed by atoms with Crippen molar-refractivity contribution in [2.75, 3.05) is 11.7 Å². The minimum atomic E-state index is -3.22. The average Bonchev–Trinajstić information content (AvgIpc) is 2.52. The highest BCUT2D eigenvalue weighted by Crippen LogP contribution is 2.13. The van der Waals surface area contributed by atoms with Crippen LogP contribution in [-0.2, 0) is 9.84 Å². The molecule has 0 atom stereocenters. The van der Waals surface area contributed by atoms with E-state index in [2.05, 4.69) is 10.5 Å². The van der Waals surface area contributed by atoms with Gasteiger partial charge in [0.1, 0.15) is 0 Å². The van der Waals surface area contributed by atoms with E-state index in [0.717, 1.165) is 11.8 Å². The Bertz CT molecular complexity index is 856. The maximum Gasteiger partial charge on any atom is 0.335 e. The van der Waals surface area contributed by atoms with Crippen LogP contribution >= 0.6 is 0 Å². The number of anilines is 1. The molecule has 0 aliphatic rings. The molecule has 0 saturated heterocycles. The maximum absolute atomic E-state index is 11.4. The second kappa shape index (κ2) is 6.62. The molecule has 2 N–H and O–H groups in total. The predicted octanol–water partition coefficient (Wildman–Crippen LogP) is 2.62. The first-order valence-corrected chi connectivity index (χ1v) is 8.60. The summed E-state index contributed by atoms with van der Waals surface area (Å²) < 4.78 is 22.8. The van der Waals surface area contributed by atoms with Crippen LogP contribution in [0.2, 0.25) is 0 Å². The lowest BCUT2D eigenvalue weighted by Gasteiger charge is -2.05. The van der Waals surface area contributed by atoms with Gasteiger partial charge in [-0.15, -0.1) is 0 Å². The van der Waals surface area contributed by atoms with Crippen LogP contribution in [0.4, 0.5) is 5.69 Å². The molecule has 23 heavy (non-hydrogen) atoms. The summed E-state index contributed by atoms with van der Waals surface area (Å²) in [6.45, 7) is 1.77. The van der Waals surface area contributed by atoms with E-state index in [0.29, 0.717) is 11.4 Å². The summed E-state index contributed by atoms with van der Waals surface area (Å²) in [6, 6.07) is 12.7. The SMILES string of the molecule is C/C(=N\Nc1cccc(C(=O)O)c1)c1ccc(S(C)(=O)=O)cc1. The Balaban J connectivity index is 2.17. The van der Waals surface area contributed by atoms with Crippen LogP contribution in [0.15, 0.2) is 58.5 Å². The average molecular weight is 332 g/mol. The number of sulfone groups is 1. The highest BCUT2D eigenvalue weighted by molar-refractivity contribution is 7.90. The van der Waals surface area contributed by atoms with E-state index < -0.39 is 15.8 Å². The molecular formula is C16H16N2O4S. The number of carbonyl (C=O) groups is 1. The van der Waals surface area contributed by atoms with E-state index in [1.54, 1.807) is 31.2 Å². The molecule has 0 heterocycles. The lowest BCUT2D eigenvalue weighted by molar-refractivity contribution is 0.0697. The van der Waals surface area contributed by atoms with Crippen molar-refractivity contribution in [2.24, 2.45) is 5.10 Å². The third-order valence-electron chi connectivity index (χ3n) is 3.16. The van der Waals surface area contributed by atoms with Gasteiger partial charge >= 0.3 is 5.97 Å². The number of aromatic carboxylic acids is 1. The van der Waals surface area contributed by atoms with E-state index in [-0.39, 0.29) is 10.5 Å². The summed E-state index contributed by atoms with van der Waals surface area (Å²) in [4.78, 5) is 11.2. The molecule has 0 bridgehead atoms. The van der Waals surface area contributed by atoms with E-state index >= 15 is 0 Å². The van der Waals surface area contributed by atoms with Gasteiger partial charge in [0.25, 0.3) is 0 Å². The standard InChI is InChI=1S/C16H16N2O4S/c1-11(12-6-8-15(9-7-12)23(2,21)22)17-18-14-5-3-4-13(10-14)16(19)20/h3-10,18H,1-2H3,(H,19,20)/b17-11+. The summed E-state index contributed by atoms with van der Waals surface area (Å²) in [5.74, 6) is -1.01. The Labute approximate surface area is 134 Å². The zero-order chi connectivity index (χ0) is 17.0.